The van der Waals surface area contributed by atoms with Gasteiger partial charge in [-0.15, -0.1) is 0 Å². The minimum Gasteiger partial charge on any atom is -0.451 e. The number of aryl methyl sites for hydroxylation is 1. The Bertz CT molecular complexity index is 1240. The van der Waals surface area contributed by atoms with E-state index in [1.807, 2.05) is 0 Å². The summed E-state index contributed by atoms with van der Waals surface area (Å²) in [5, 5.41) is 2.37. The van der Waals surface area contributed by atoms with Crippen molar-refractivity contribution >= 4 is 11.8 Å². The fraction of sp³-hybridized carbons (Fsp3) is 0.174. The van der Waals surface area contributed by atoms with Crippen molar-refractivity contribution in [1.82, 2.24) is 9.88 Å². The molecule has 3 rings (SSSR count). The van der Waals surface area contributed by atoms with Crippen LogP contribution in [-0.2, 0) is 16.9 Å². The van der Waals surface area contributed by atoms with Gasteiger partial charge < -0.3 is 20.4 Å². The summed E-state index contributed by atoms with van der Waals surface area (Å²) < 4.78 is 35.3. The van der Waals surface area contributed by atoms with Crippen molar-refractivity contribution in [3.63, 3.8) is 0 Å². The van der Waals surface area contributed by atoms with Gasteiger partial charge in [-0.25, -0.2) is 13.6 Å². The number of urea groups is 1. The van der Waals surface area contributed by atoms with E-state index in [2.05, 4.69) is 5.32 Å². The molecule has 0 saturated carbocycles. The van der Waals surface area contributed by atoms with Crippen LogP contribution >= 0.6 is 0 Å². The Morgan fingerprint density at radius 1 is 1.06 bits per heavy atom. The highest BCUT2D eigenvalue weighted by Crippen LogP contribution is 2.32. The van der Waals surface area contributed by atoms with Crippen LogP contribution in [0.2, 0.25) is 0 Å². The fourth-order valence-electron chi connectivity index (χ4n) is 3.35. The minimum absolute atomic E-state index is 0.0376. The number of hydrogen-bond acceptors (Lipinski definition) is 4. The van der Waals surface area contributed by atoms with E-state index in [1.165, 1.54) is 54.1 Å². The number of carbonyl (C=O) groups is 2. The molecule has 0 spiro atoms. The lowest BCUT2D eigenvalue weighted by molar-refractivity contribution is -0.123. The maximum atomic E-state index is 14.9. The molecule has 1 unspecified atom stereocenters. The van der Waals surface area contributed by atoms with Gasteiger partial charge in [0, 0.05) is 11.8 Å². The lowest BCUT2D eigenvalue weighted by atomic mass is 9.85. The van der Waals surface area contributed by atoms with Crippen LogP contribution in [-0.4, -0.2) is 16.4 Å². The highest BCUT2D eigenvalue weighted by molar-refractivity contribution is 5.91. The molecule has 0 aliphatic heterocycles. The molecular formula is C23H21F2N3O4. The first-order valence-electron chi connectivity index (χ1n) is 9.61. The number of amides is 2. The number of nitrogens with zero attached hydrogens (tertiary/aromatic N) is 1. The van der Waals surface area contributed by atoms with Crippen LogP contribution in [0.25, 0.3) is 0 Å². The lowest BCUT2D eigenvalue weighted by Crippen LogP contribution is -2.56. The van der Waals surface area contributed by atoms with Crippen molar-refractivity contribution in [2.24, 2.45) is 5.73 Å². The molecule has 32 heavy (non-hydrogen) atoms. The van der Waals surface area contributed by atoms with Gasteiger partial charge in [0.2, 0.25) is 0 Å². The topological polar surface area (TPSA) is 103 Å². The Labute approximate surface area is 182 Å². The number of Topliss-reactive ketones (excluding diaryl/α,β-unsaturated/α-hetero) is 1. The number of ketones is 1. The number of aromatic nitrogens is 1. The number of ether oxygens (including phenoxy) is 1. The standard InChI is InChI=1S/C23H21F2N3O4/c1-14-6-5-11-28(21(14)30)13-23(15(2)29,27-22(26)31)16-9-10-20(18(25)12-16)32-19-8-4-3-7-17(19)24/h3-12H,13H2,1-2H3,(H3,26,27,31). The number of rotatable bonds is 7. The van der Waals surface area contributed by atoms with Crippen molar-refractivity contribution in [3.05, 3.63) is 93.9 Å². The van der Waals surface area contributed by atoms with Gasteiger partial charge in [0.1, 0.15) is 5.54 Å². The fourth-order valence-corrected chi connectivity index (χ4v) is 3.35. The molecule has 1 heterocycles. The molecule has 166 valence electrons. The molecule has 0 aliphatic rings. The van der Waals surface area contributed by atoms with E-state index in [0.717, 1.165) is 6.07 Å². The Morgan fingerprint density at radius 2 is 1.75 bits per heavy atom. The third-order valence-corrected chi connectivity index (χ3v) is 5.04. The van der Waals surface area contributed by atoms with Crippen molar-refractivity contribution in [2.75, 3.05) is 0 Å². The average molecular weight is 441 g/mol. The summed E-state index contributed by atoms with van der Waals surface area (Å²) in [6, 6.07) is 11.2. The zero-order valence-corrected chi connectivity index (χ0v) is 17.4. The quantitative estimate of drug-likeness (QED) is 0.587. The monoisotopic (exact) mass is 441 g/mol. The second-order valence-corrected chi connectivity index (χ2v) is 7.25. The van der Waals surface area contributed by atoms with Gasteiger partial charge in [0.05, 0.1) is 6.54 Å². The number of nitrogens with two attached hydrogens (primary N) is 1. The molecule has 1 atom stereocenters. The molecule has 3 N–H and O–H groups in total. The Kier molecular flexibility index (Phi) is 6.38. The number of carbonyl (C=O) groups excluding carboxylic acids is 2. The summed E-state index contributed by atoms with van der Waals surface area (Å²) in [5.41, 5.74) is 3.55. The SMILES string of the molecule is CC(=O)C(Cn1cccc(C)c1=O)(NC(N)=O)c1ccc(Oc2ccccc2F)c(F)c1. The van der Waals surface area contributed by atoms with Gasteiger partial charge in [0.25, 0.3) is 5.56 Å². The molecule has 7 nitrogen and oxygen atoms in total. The largest absolute Gasteiger partial charge is 0.451 e. The van der Waals surface area contributed by atoms with Crippen LogP contribution in [0.4, 0.5) is 13.6 Å². The molecule has 2 aromatic carbocycles. The number of benzene rings is 2. The normalized spacial score (nSPS) is 12.6. The first-order chi connectivity index (χ1) is 15.1. The molecule has 1 aromatic heterocycles. The number of nitrogens with one attached hydrogen (secondary N) is 1. The van der Waals surface area contributed by atoms with E-state index in [-0.39, 0.29) is 29.2 Å². The van der Waals surface area contributed by atoms with Gasteiger partial charge in [-0.2, -0.15) is 0 Å². The maximum Gasteiger partial charge on any atom is 0.313 e. The summed E-state index contributed by atoms with van der Waals surface area (Å²) >= 11 is 0. The van der Waals surface area contributed by atoms with Gasteiger partial charge in [0.15, 0.2) is 28.9 Å². The lowest BCUT2D eigenvalue weighted by Gasteiger charge is -2.33. The van der Waals surface area contributed by atoms with Crippen molar-refractivity contribution < 1.29 is 23.1 Å². The van der Waals surface area contributed by atoms with Gasteiger partial charge in [-0.05, 0) is 49.7 Å². The number of para-hydroxylation sites is 1. The van der Waals surface area contributed by atoms with Gasteiger partial charge in [-0.3, -0.25) is 9.59 Å². The highest BCUT2D eigenvalue weighted by atomic mass is 19.1. The first kappa shape index (κ1) is 22.7. The maximum absolute atomic E-state index is 14.9. The number of primary amides is 1. The van der Waals surface area contributed by atoms with E-state index >= 15 is 0 Å². The summed E-state index contributed by atoms with van der Waals surface area (Å²) in [6.45, 7) is 2.47. The van der Waals surface area contributed by atoms with Gasteiger partial charge >= 0.3 is 6.03 Å². The molecule has 3 aromatic rings. The summed E-state index contributed by atoms with van der Waals surface area (Å²) in [6.07, 6.45) is 1.45. The Hall–Kier alpha value is -4.01. The smallest absolute Gasteiger partial charge is 0.313 e. The first-order valence-corrected chi connectivity index (χ1v) is 9.61. The van der Waals surface area contributed by atoms with Crippen molar-refractivity contribution in [3.8, 4) is 11.5 Å². The van der Waals surface area contributed by atoms with Gasteiger partial charge in [-0.1, -0.05) is 24.3 Å². The summed E-state index contributed by atoms with van der Waals surface area (Å²) in [7, 11) is 0. The highest BCUT2D eigenvalue weighted by Gasteiger charge is 2.40. The zero-order valence-electron chi connectivity index (χ0n) is 17.4. The van der Waals surface area contributed by atoms with Crippen molar-refractivity contribution in [2.45, 2.75) is 25.9 Å². The average Bonchev–Trinajstić information content (AvgIpc) is 2.73. The zero-order chi connectivity index (χ0) is 23.5. The predicted octanol–water partition coefficient (Wildman–Crippen LogP) is 3.38. The number of halogens is 2. The molecule has 0 bridgehead atoms. The molecule has 2 amide bonds. The second-order valence-electron chi connectivity index (χ2n) is 7.25. The van der Waals surface area contributed by atoms with E-state index in [1.54, 1.807) is 19.1 Å². The van der Waals surface area contributed by atoms with Crippen LogP contribution in [0.15, 0.2) is 65.6 Å². The predicted molar refractivity (Wildman–Crippen MR) is 113 cm³/mol. The van der Waals surface area contributed by atoms with Crippen molar-refractivity contribution in [1.29, 1.82) is 0 Å². The molecule has 0 radical (unpaired) electrons. The molecule has 9 heteroatoms. The summed E-state index contributed by atoms with van der Waals surface area (Å²) in [4.78, 5) is 37.0. The summed E-state index contributed by atoms with van der Waals surface area (Å²) in [5.74, 6) is -2.63. The van der Waals surface area contributed by atoms with E-state index < -0.39 is 29.0 Å². The Morgan fingerprint density at radius 3 is 2.38 bits per heavy atom. The van der Waals surface area contributed by atoms with Crippen LogP contribution in [0, 0.1) is 18.6 Å². The van der Waals surface area contributed by atoms with E-state index in [4.69, 9.17) is 10.5 Å². The molecule has 0 fully saturated rings. The number of pyridine rings is 1. The number of hydrogen-bond donors (Lipinski definition) is 2. The third kappa shape index (κ3) is 4.51. The van der Waals surface area contributed by atoms with Crippen LogP contribution < -0.4 is 21.3 Å². The van der Waals surface area contributed by atoms with E-state index in [9.17, 15) is 23.2 Å². The molecular weight excluding hydrogens is 420 g/mol. The second kappa shape index (κ2) is 9.01. The minimum atomic E-state index is -1.83. The molecule has 0 aliphatic carbocycles. The van der Waals surface area contributed by atoms with E-state index in [0.29, 0.717) is 5.56 Å². The Balaban J connectivity index is 2.08. The third-order valence-electron chi connectivity index (χ3n) is 5.04. The van der Waals surface area contributed by atoms with Crippen LogP contribution in [0.1, 0.15) is 18.1 Å². The van der Waals surface area contributed by atoms with Crippen LogP contribution in [0.3, 0.4) is 0 Å². The molecule has 0 saturated heterocycles. The van der Waals surface area contributed by atoms with Crippen LogP contribution in [0.5, 0.6) is 11.5 Å².